The number of nitrogens with two attached hydrogens (primary N) is 1. The van der Waals surface area contributed by atoms with Crippen molar-refractivity contribution in [3.05, 3.63) is 65.7 Å². The Morgan fingerprint density at radius 2 is 2.00 bits per heavy atom. The Labute approximate surface area is 164 Å². The first-order chi connectivity index (χ1) is 13.6. The summed E-state index contributed by atoms with van der Waals surface area (Å²) < 4.78 is 20.1. The normalized spacial score (nSPS) is 10.3. The second-order valence-electron chi connectivity index (χ2n) is 5.51. The first kappa shape index (κ1) is 19.2. The molecule has 0 saturated heterocycles. The van der Waals surface area contributed by atoms with Crippen LogP contribution in [0.3, 0.4) is 0 Å². The number of benzene rings is 2. The minimum atomic E-state index is -0.486. The molecule has 1 heterocycles. The molecule has 2 aromatic carbocycles. The molecule has 0 aliphatic carbocycles. The molecule has 0 fully saturated rings. The Balaban J connectivity index is 1.53. The summed E-state index contributed by atoms with van der Waals surface area (Å²) in [5, 5.41) is 19.6. The van der Waals surface area contributed by atoms with Crippen LogP contribution in [0.1, 0.15) is 11.4 Å². The molecule has 28 heavy (non-hydrogen) atoms. The number of amides is 1. The zero-order chi connectivity index (χ0) is 19.9. The third kappa shape index (κ3) is 4.77. The average Bonchev–Trinajstić information content (AvgIpc) is 3.06. The highest BCUT2D eigenvalue weighted by Crippen LogP contribution is 2.19. The van der Waals surface area contributed by atoms with Crippen molar-refractivity contribution in [2.75, 3.05) is 16.9 Å². The van der Waals surface area contributed by atoms with E-state index in [0.717, 1.165) is 11.8 Å². The third-order valence-electron chi connectivity index (χ3n) is 3.56. The van der Waals surface area contributed by atoms with Crippen LogP contribution >= 0.6 is 11.8 Å². The molecule has 0 radical (unpaired) electrons. The molecule has 8 nitrogen and oxygen atoms in total. The lowest BCUT2D eigenvalue weighted by atomic mass is 10.2. The van der Waals surface area contributed by atoms with Crippen molar-refractivity contribution in [3.63, 3.8) is 0 Å². The van der Waals surface area contributed by atoms with E-state index in [9.17, 15) is 9.18 Å². The minimum Gasteiger partial charge on any atom is -0.482 e. The highest BCUT2D eigenvalue weighted by molar-refractivity contribution is 7.99. The summed E-state index contributed by atoms with van der Waals surface area (Å²) in [6, 6.07) is 14.5. The summed E-state index contributed by atoms with van der Waals surface area (Å²) in [6.07, 6.45) is 0. The summed E-state index contributed by atoms with van der Waals surface area (Å²) >= 11 is 1.10. The highest BCUT2D eigenvalue weighted by atomic mass is 32.2. The topological polar surface area (TPSA) is 119 Å². The monoisotopic (exact) mass is 398 g/mol. The van der Waals surface area contributed by atoms with Crippen molar-refractivity contribution in [2.24, 2.45) is 0 Å². The minimum absolute atomic E-state index is 0.0590. The average molecular weight is 398 g/mol. The molecule has 3 aromatic rings. The second-order valence-corrected chi connectivity index (χ2v) is 6.46. The molecular formula is C18H15FN6O2S. The molecule has 3 rings (SSSR count). The van der Waals surface area contributed by atoms with Crippen molar-refractivity contribution in [3.8, 4) is 11.8 Å². The van der Waals surface area contributed by atoms with E-state index in [2.05, 4.69) is 15.5 Å². The number of nitrogens with zero attached hydrogens (tertiary/aromatic N) is 4. The first-order valence-corrected chi connectivity index (χ1v) is 9.05. The van der Waals surface area contributed by atoms with Crippen LogP contribution in [-0.4, -0.2) is 26.5 Å². The van der Waals surface area contributed by atoms with Crippen LogP contribution < -0.4 is 15.9 Å². The van der Waals surface area contributed by atoms with Gasteiger partial charge in [0.25, 0.3) is 0 Å². The van der Waals surface area contributed by atoms with Crippen molar-refractivity contribution in [1.82, 2.24) is 14.9 Å². The van der Waals surface area contributed by atoms with Crippen LogP contribution in [0.2, 0.25) is 0 Å². The molecule has 142 valence electrons. The standard InChI is InChI=1S/C18H15FN6O2S/c19-14-3-1-2-4-15(14)27-10-16-23-24-18(25(16)21)28-11-17(26)22-13-7-5-12(9-20)6-8-13/h1-8H,10-11,21H2,(H,22,26). The quantitative estimate of drug-likeness (QED) is 0.463. The molecule has 0 aliphatic heterocycles. The maximum absolute atomic E-state index is 13.6. The van der Waals surface area contributed by atoms with Gasteiger partial charge >= 0.3 is 0 Å². The number of para-hydroxylation sites is 1. The number of anilines is 1. The number of aromatic nitrogens is 3. The molecule has 0 spiro atoms. The maximum atomic E-state index is 13.6. The number of rotatable bonds is 7. The number of nitriles is 1. The summed E-state index contributed by atoms with van der Waals surface area (Å²) in [7, 11) is 0. The van der Waals surface area contributed by atoms with Gasteiger partial charge in [0.1, 0.15) is 6.61 Å². The zero-order valence-corrected chi connectivity index (χ0v) is 15.3. The van der Waals surface area contributed by atoms with Gasteiger partial charge in [-0.25, -0.2) is 9.07 Å². The van der Waals surface area contributed by atoms with Crippen LogP contribution in [-0.2, 0) is 11.4 Å². The molecule has 1 aromatic heterocycles. The van der Waals surface area contributed by atoms with Gasteiger partial charge in [-0.05, 0) is 36.4 Å². The number of carbonyl (C=O) groups is 1. The largest absolute Gasteiger partial charge is 0.482 e. The zero-order valence-electron chi connectivity index (χ0n) is 14.5. The van der Waals surface area contributed by atoms with Crippen molar-refractivity contribution in [2.45, 2.75) is 11.8 Å². The van der Waals surface area contributed by atoms with Gasteiger partial charge in [0.05, 0.1) is 17.4 Å². The van der Waals surface area contributed by atoms with Crippen LogP contribution in [0.4, 0.5) is 10.1 Å². The molecule has 0 unspecified atom stereocenters. The SMILES string of the molecule is N#Cc1ccc(NC(=O)CSc2nnc(COc3ccccc3F)n2N)cc1. The Hall–Kier alpha value is -3.58. The van der Waals surface area contributed by atoms with Gasteiger partial charge in [0.2, 0.25) is 11.1 Å². The predicted molar refractivity (Wildman–Crippen MR) is 101 cm³/mol. The highest BCUT2D eigenvalue weighted by Gasteiger charge is 2.14. The molecule has 10 heteroatoms. The van der Waals surface area contributed by atoms with Crippen molar-refractivity contribution in [1.29, 1.82) is 5.26 Å². The lowest BCUT2D eigenvalue weighted by Crippen LogP contribution is -2.18. The second kappa shape index (κ2) is 8.88. The number of hydrogen-bond donors (Lipinski definition) is 2. The number of thioether (sulfide) groups is 1. The fourth-order valence-electron chi connectivity index (χ4n) is 2.16. The maximum Gasteiger partial charge on any atom is 0.234 e. The van der Waals surface area contributed by atoms with Crippen LogP contribution in [0.15, 0.2) is 53.7 Å². The molecule has 1 amide bonds. The number of hydrogen-bond acceptors (Lipinski definition) is 7. The smallest absolute Gasteiger partial charge is 0.234 e. The van der Waals surface area contributed by atoms with Crippen molar-refractivity contribution < 1.29 is 13.9 Å². The van der Waals surface area contributed by atoms with Gasteiger partial charge in [-0.15, -0.1) is 10.2 Å². The van der Waals surface area contributed by atoms with E-state index >= 15 is 0 Å². The van der Waals surface area contributed by atoms with Gasteiger partial charge in [-0.2, -0.15) is 5.26 Å². The van der Waals surface area contributed by atoms with E-state index in [0.29, 0.717) is 22.2 Å². The predicted octanol–water partition coefficient (Wildman–Crippen LogP) is 2.31. The number of ether oxygens (including phenoxy) is 1. The molecule has 0 bridgehead atoms. The number of carbonyl (C=O) groups excluding carboxylic acids is 1. The summed E-state index contributed by atoms with van der Waals surface area (Å²) in [4.78, 5) is 12.0. The Morgan fingerprint density at radius 1 is 1.25 bits per heavy atom. The number of nitrogens with one attached hydrogen (secondary N) is 1. The molecule has 0 atom stereocenters. The van der Waals surface area contributed by atoms with E-state index in [1.807, 2.05) is 6.07 Å². The van der Waals surface area contributed by atoms with Gasteiger partial charge in [0.15, 0.2) is 17.4 Å². The lowest BCUT2D eigenvalue weighted by molar-refractivity contribution is -0.113. The van der Waals surface area contributed by atoms with E-state index in [4.69, 9.17) is 15.8 Å². The van der Waals surface area contributed by atoms with Gasteiger partial charge in [-0.3, -0.25) is 4.79 Å². The Morgan fingerprint density at radius 3 is 2.71 bits per heavy atom. The number of nitrogen functional groups attached to an aromatic ring is 1. The van der Waals surface area contributed by atoms with Crippen molar-refractivity contribution >= 4 is 23.4 Å². The molecule has 3 N–H and O–H groups in total. The van der Waals surface area contributed by atoms with Gasteiger partial charge in [0, 0.05) is 5.69 Å². The molecular weight excluding hydrogens is 383 g/mol. The van der Waals surface area contributed by atoms with Crippen LogP contribution in [0, 0.1) is 17.1 Å². The Kier molecular flexibility index (Phi) is 6.08. The summed E-state index contributed by atoms with van der Waals surface area (Å²) in [5.74, 6) is 5.60. The fourth-order valence-corrected chi connectivity index (χ4v) is 2.84. The van der Waals surface area contributed by atoms with E-state index in [1.165, 1.54) is 16.8 Å². The molecule has 0 saturated carbocycles. The number of halogens is 1. The third-order valence-corrected chi connectivity index (χ3v) is 4.50. The van der Waals surface area contributed by atoms with E-state index in [-0.39, 0.29) is 24.0 Å². The van der Waals surface area contributed by atoms with Crippen LogP contribution in [0.25, 0.3) is 0 Å². The van der Waals surface area contributed by atoms with E-state index < -0.39 is 5.82 Å². The fraction of sp³-hybridized carbons (Fsp3) is 0.111. The molecule has 0 aliphatic rings. The van der Waals surface area contributed by atoms with Crippen LogP contribution in [0.5, 0.6) is 5.75 Å². The first-order valence-electron chi connectivity index (χ1n) is 8.06. The summed E-state index contributed by atoms with van der Waals surface area (Å²) in [5.41, 5.74) is 1.09. The van der Waals surface area contributed by atoms with E-state index in [1.54, 1.807) is 36.4 Å². The van der Waals surface area contributed by atoms with Gasteiger partial charge < -0.3 is 15.9 Å². The lowest BCUT2D eigenvalue weighted by Gasteiger charge is -2.07. The summed E-state index contributed by atoms with van der Waals surface area (Å²) in [6.45, 7) is -0.0670. The Bertz CT molecular complexity index is 1020. The van der Waals surface area contributed by atoms with Gasteiger partial charge in [-0.1, -0.05) is 23.9 Å².